The smallest absolute Gasteiger partial charge is 0.207 e. The van der Waals surface area contributed by atoms with Crippen molar-refractivity contribution in [2.75, 3.05) is 0 Å². The first-order chi connectivity index (χ1) is 12.1. The highest BCUT2D eigenvalue weighted by atomic mass is 35.5. The minimum absolute atomic E-state index is 0.0253. The Bertz CT molecular complexity index is 927. The van der Waals surface area contributed by atoms with Crippen LogP contribution in [-0.2, 0) is 0 Å². The quantitative estimate of drug-likeness (QED) is 0.605. The molecule has 0 aliphatic heterocycles. The number of benzene rings is 1. The molecular formula is C17H14ClF3N4. The van der Waals surface area contributed by atoms with Crippen LogP contribution in [0.3, 0.4) is 0 Å². The summed E-state index contributed by atoms with van der Waals surface area (Å²) in [6.45, 7) is 0. The zero-order valence-electron chi connectivity index (χ0n) is 13.1. The van der Waals surface area contributed by atoms with Crippen LogP contribution in [0.15, 0.2) is 18.5 Å². The van der Waals surface area contributed by atoms with Crippen LogP contribution < -0.4 is 0 Å². The summed E-state index contributed by atoms with van der Waals surface area (Å²) in [5.74, 6) is -2.71. The molecule has 0 radical (unpaired) electrons. The molecule has 0 unspecified atom stereocenters. The van der Waals surface area contributed by atoms with Crippen LogP contribution in [-0.4, -0.2) is 19.6 Å². The molecule has 0 spiro atoms. The third-order valence-electron chi connectivity index (χ3n) is 4.67. The van der Waals surface area contributed by atoms with Gasteiger partial charge in [-0.15, -0.1) is 0 Å². The normalized spacial score (nSPS) is 15.8. The van der Waals surface area contributed by atoms with E-state index in [1.165, 1.54) is 10.8 Å². The molecular weight excluding hydrogens is 353 g/mol. The fraction of sp³-hybridized carbons (Fsp3) is 0.353. The van der Waals surface area contributed by atoms with Gasteiger partial charge in [0, 0.05) is 23.6 Å². The topological polar surface area (TPSA) is 43.1 Å². The lowest BCUT2D eigenvalue weighted by Gasteiger charge is -2.25. The van der Waals surface area contributed by atoms with Gasteiger partial charge < -0.3 is 0 Å². The minimum atomic E-state index is -1.02. The molecule has 0 saturated heterocycles. The van der Waals surface area contributed by atoms with Crippen LogP contribution in [0.25, 0.3) is 16.9 Å². The number of nitrogens with zero attached hydrogens (tertiary/aromatic N) is 4. The van der Waals surface area contributed by atoms with E-state index in [-0.39, 0.29) is 28.0 Å². The van der Waals surface area contributed by atoms with Crippen molar-refractivity contribution in [3.8, 4) is 11.1 Å². The second kappa shape index (κ2) is 6.29. The molecule has 8 heteroatoms. The van der Waals surface area contributed by atoms with Gasteiger partial charge in [0.1, 0.15) is 28.9 Å². The van der Waals surface area contributed by atoms with E-state index in [9.17, 15) is 13.2 Å². The highest BCUT2D eigenvalue weighted by Crippen LogP contribution is 2.42. The molecule has 2 aromatic heterocycles. The number of aromatic nitrogens is 4. The maximum absolute atomic E-state index is 14.4. The SMILES string of the molecule is Fc1cc(F)c(-c2c(Cl)nc3ncnn3c2C2CCCCC2)c(F)c1. The molecule has 1 aliphatic rings. The lowest BCUT2D eigenvalue weighted by molar-refractivity contribution is 0.431. The summed E-state index contributed by atoms with van der Waals surface area (Å²) >= 11 is 6.28. The molecule has 1 aromatic carbocycles. The molecule has 1 saturated carbocycles. The van der Waals surface area contributed by atoms with Crippen molar-refractivity contribution in [1.82, 2.24) is 19.6 Å². The number of halogens is 4. The van der Waals surface area contributed by atoms with Crippen molar-refractivity contribution in [2.45, 2.75) is 38.0 Å². The molecule has 2 heterocycles. The Morgan fingerprint density at radius 1 is 1.00 bits per heavy atom. The molecule has 0 amide bonds. The average molecular weight is 367 g/mol. The third kappa shape index (κ3) is 2.76. The molecule has 130 valence electrons. The van der Waals surface area contributed by atoms with Gasteiger partial charge >= 0.3 is 0 Å². The molecule has 4 rings (SSSR count). The fourth-order valence-electron chi connectivity index (χ4n) is 3.60. The van der Waals surface area contributed by atoms with Crippen LogP contribution in [0.1, 0.15) is 43.7 Å². The summed E-state index contributed by atoms with van der Waals surface area (Å²) in [5.41, 5.74) is 0.329. The average Bonchev–Trinajstić information content (AvgIpc) is 3.02. The Labute approximate surface area is 146 Å². The van der Waals surface area contributed by atoms with E-state index in [0.29, 0.717) is 17.8 Å². The van der Waals surface area contributed by atoms with Crippen molar-refractivity contribution in [1.29, 1.82) is 0 Å². The molecule has 4 nitrogen and oxygen atoms in total. The van der Waals surface area contributed by atoms with E-state index in [0.717, 1.165) is 32.1 Å². The van der Waals surface area contributed by atoms with Gasteiger partial charge in [-0.2, -0.15) is 15.1 Å². The van der Waals surface area contributed by atoms with Crippen molar-refractivity contribution in [3.05, 3.63) is 46.8 Å². The van der Waals surface area contributed by atoms with Gasteiger partial charge in [-0.3, -0.25) is 0 Å². The van der Waals surface area contributed by atoms with Gasteiger partial charge in [0.05, 0.1) is 11.3 Å². The van der Waals surface area contributed by atoms with Gasteiger partial charge in [-0.1, -0.05) is 30.9 Å². The van der Waals surface area contributed by atoms with Crippen LogP contribution >= 0.6 is 11.6 Å². The van der Waals surface area contributed by atoms with Crippen molar-refractivity contribution in [2.24, 2.45) is 0 Å². The molecule has 1 aliphatic carbocycles. The van der Waals surface area contributed by atoms with E-state index < -0.39 is 17.5 Å². The van der Waals surface area contributed by atoms with Gasteiger partial charge in [0.25, 0.3) is 5.78 Å². The summed E-state index contributed by atoms with van der Waals surface area (Å²) in [5, 5.41) is 4.10. The maximum atomic E-state index is 14.4. The maximum Gasteiger partial charge on any atom is 0.253 e. The number of hydrogen-bond donors (Lipinski definition) is 0. The lowest BCUT2D eigenvalue weighted by atomic mass is 9.84. The minimum Gasteiger partial charge on any atom is -0.207 e. The van der Waals surface area contributed by atoms with Crippen LogP contribution in [0.2, 0.25) is 5.15 Å². The Morgan fingerprint density at radius 3 is 2.36 bits per heavy atom. The Hall–Kier alpha value is -2.15. The van der Waals surface area contributed by atoms with Crippen molar-refractivity contribution in [3.63, 3.8) is 0 Å². The molecule has 0 atom stereocenters. The zero-order chi connectivity index (χ0) is 17.6. The summed E-state index contributed by atoms with van der Waals surface area (Å²) in [7, 11) is 0. The largest absolute Gasteiger partial charge is 0.253 e. The van der Waals surface area contributed by atoms with Gasteiger partial charge in [-0.25, -0.2) is 17.7 Å². The van der Waals surface area contributed by atoms with E-state index in [1.54, 1.807) is 0 Å². The molecule has 25 heavy (non-hydrogen) atoms. The van der Waals surface area contributed by atoms with Crippen molar-refractivity contribution >= 4 is 17.4 Å². The first-order valence-electron chi connectivity index (χ1n) is 8.10. The van der Waals surface area contributed by atoms with E-state index in [1.807, 2.05) is 0 Å². The summed E-state index contributed by atoms with van der Waals surface area (Å²) in [6.07, 6.45) is 6.17. The van der Waals surface area contributed by atoms with Gasteiger partial charge in [-0.05, 0) is 12.8 Å². The number of rotatable bonds is 2. The fourth-order valence-corrected chi connectivity index (χ4v) is 3.87. The predicted octanol–water partition coefficient (Wildman–Crippen LogP) is 4.91. The molecule has 3 aromatic rings. The van der Waals surface area contributed by atoms with Crippen LogP contribution in [0, 0.1) is 17.5 Å². The summed E-state index contributed by atoms with van der Waals surface area (Å²) < 4.78 is 43.7. The van der Waals surface area contributed by atoms with Crippen LogP contribution in [0.5, 0.6) is 0 Å². The van der Waals surface area contributed by atoms with Gasteiger partial charge in [0.15, 0.2) is 0 Å². The van der Waals surface area contributed by atoms with E-state index >= 15 is 0 Å². The van der Waals surface area contributed by atoms with E-state index in [2.05, 4.69) is 15.1 Å². The standard InChI is InChI=1S/C17H14ClF3N4/c18-16-14(13-11(20)6-10(19)7-12(13)21)15(9-4-2-1-3-5-9)25-17(24-16)22-8-23-25/h6-9H,1-5H2. The Balaban J connectivity index is 2.05. The van der Waals surface area contributed by atoms with Crippen molar-refractivity contribution < 1.29 is 13.2 Å². The predicted molar refractivity (Wildman–Crippen MR) is 86.9 cm³/mol. The van der Waals surface area contributed by atoms with E-state index in [4.69, 9.17) is 11.6 Å². The first kappa shape index (κ1) is 16.3. The van der Waals surface area contributed by atoms with Crippen LogP contribution in [0.4, 0.5) is 13.2 Å². The first-order valence-corrected chi connectivity index (χ1v) is 8.48. The number of fused-ring (bicyclic) bond motifs is 1. The molecule has 0 N–H and O–H groups in total. The summed E-state index contributed by atoms with van der Waals surface area (Å²) in [4.78, 5) is 8.14. The molecule has 1 fully saturated rings. The molecule has 0 bridgehead atoms. The second-order valence-electron chi connectivity index (χ2n) is 6.21. The van der Waals surface area contributed by atoms with Gasteiger partial charge in [0.2, 0.25) is 0 Å². The highest BCUT2D eigenvalue weighted by molar-refractivity contribution is 6.32. The number of hydrogen-bond acceptors (Lipinski definition) is 3. The third-order valence-corrected chi connectivity index (χ3v) is 4.94. The Morgan fingerprint density at radius 2 is 1.68 bits per heavy atom. The monoisotopic (exact) mass is 366 g/mol. The summed E-state index contributed by atoms with van der Waals surface area (Å²) in [6, 6.07) is 1.29. The zero-order valence-corrected chi connectivity index (χ0v) is 13.9. The lowest BCUT2D eigenvalue weighted by Crippen LogP contribution is -2.14. The second-order valence-corrected chi connectivity index (χ2v) is 6.57. The Kier molecular flexibility index (Phi) is 4.11. The highest BCUT2D eigenvalue weighted by Gasteiger charge is 2.29.